The van der Waals surface area contributed by atoms with Gasteiger partial charge >= 0.3 is 0 Å². The van der Waals surface area contributed by atoms with E-state index in [1.54, 1.807) is 12.1 Å². The number of hydrogen-bond acceptors (Lipinski definition) is 5. The molecule has 1 aliphatic rings. The second-order valence-corrected chi connectivity index (χ2v) is 8.31. The van der Waals surface area contributed by atoms with Crippen molar-refractivity contribution in [1.29, 1.82) is 0 Å². The van der Waals surface area contributed by atoms with E-state index in [0.717, 1.165) is 43.1 Å². The zero-order valence-electron chi connectivity index (χ0n) is 18.4. The van der Waals surface area contributed by atoms with E-state index in [1.165, 1.54) is 12.1 Å². The van der Waals surface area contributed by atoms with Crippen LogP contribution >= 0.6 is 0 Å². The van der Waals surface area contributed by atoms with Crippen molar-refractivity contribution in [2.75, 3.05) is 26.2 Å². The largest absolute Gasteiger partial charge is 0.339 e. The van der Waals surface area contributed by atoms with Crippen LogP contribution in [-0.2, 0) is 11.3 Å². The summed E-state index contributed by atoms with van der Waals surface area (Å²) in [5, 5.41) is 4.03. The molecule has 0 radical (unpaired) electrons. The summed E-state index contributed by atoms with van der Waals surface area (Å²) in [4.78, 5) is 21.7. The fourth-order valence-corrected chi connectivity index (χ4v) is 4.03. The van der Waals surface area contributed by atoms with Crippen LogP contribution in [0.4, 0.5) is 4.39 Å². The smallest absolute Gasteiger partial charge is 0.260 e. The number of amides is 1. The van der Waals surface area contributed by atoms with Crippen molar-refractivity contribution in [3.63, 3.8) is 0 Å². The number of hydrogen-bond donors (Lipinski definition) is 0. The molecule has 3 heterocycles. The van der Waals surface area contributed by atoms with Gasteiger partial charge in [0, 0.05) is 49.2 Å². The molecule has 7 nitrogen and oxygen atoms in total. The Morgan fingerprint density at radius 2 is 1.81 bits per heavy atom. The third-order valence-electron chi connectivity index (χ3n) is 6.02. The molecule has 0 atom stereocenters. The van der Waals surface area contributed by atoms with Crippen LogP contribution in [0.25, 0.3) is 22.8 Å². The van der Waals surface area contributed by atoms with Crippen molar-refractivity contribution in [3.8, 4) is 22.8 Å². The first-order chi connectivity index (χ1) is 14.8. The fraction of sp³-hybridized carbons (Fsp3) is 0.435. The molecule has 1 saturated heterocycles. The van der Waals surface area contributed by atoms with Crippen LogP contribution in [0, 0.1) is 19.7 Å². The fourth-order valence-electron chi connectivity index (χ4n) is 4.03. The molecule has 1 fully saturated rings. The maximum atomic E-state index is 13.2. The highest BCUT2D eigenvalue weighted by atomic mass is 19.1. The van der Waals surface area contributed by atoms with Crippen molar-refractivity contribution >= 4 is 5.91 Å². The lowest BCUT2D eigenvalue weighted by molar-refractivity contribution is -0.133. The predicted octanol–water partition coefficient (Wildman–Crippen LogP) is 3.51. The highest BCUT2D eigenvalue weighted by Crippen LogP contribution is 2.28. The topological polar surface area (TPSA) is 67.4 Å². The maximum Gasteiger partial charge on any atom is 0.260 e. The minimum absolute atomic E-state index is 0.120. The summed E-state index contributed by atoms with van der Waals surface area (Å²) in [6.45, 7) is 11.9. The molecule has 1 amide bonds. The Hall–Kier alpha value is -3.00. The molecule has 0 N–H and O–H groups in total. The van der Waals surface area contributed by atoms with E-state index in [-0.39, 0.29) is 18.3 Å². The van der Waals surface area contributed by atoms with Gasteiger partial charge in [0.25, 0.3) is 5.89 Å². The molecule has 8 heteroatoms. The lowest BCUT2D eigenvalue weighted by Gasteiger charge is -2.37. The van der Waals surface area contributed by atoms with Crippen LogP contribution in [0.1, 0.15) is 25.2 Å². The van der Waals surface area contributed by atoms with Gasteiger partial charge in [-0.15, -0.1) is 0 Å². The van der Waals surface area contributed by atoms with Gasteiger partial charge in [0.1, 0.15) is 12.4 Å². The highest BCUT2D eigenvalue weighted by Gasteiger charge is 2.24. The van der Waals surface area contributed by atoms with Crippen LogP contribution in [0.15, 0.2) is 34.9 Å². The average molecular weight is 426 g/mol. The van der Waals surface area contributed by atoms with E-state index in [1.807, 2.05) is 29.4 Å². The molecule has 0 bridgehead atoms. The number of aryl methyl sites for hydroxylation is 1. The first kappa shape index (κ1) is 21.2. The number of benzene rings is 1. The van der Waals surface area contributed by atoms with Gasteiger partial charge in [0.2, 0.25) is 11.7 Å². The van der Waals surface area contributed by atoms with Crippen molar-refractivity contribution < 1.29 is 13.7 Å². The van der Waals surface area contributed by atoms with Gasteiger partial charge in [-0.05, 0) is 58.0 Å². The molecule has 3 aromatic rings. The Morgan fingerprint density at radius 1 is 1.13 bits per heavy atom. The van der Waals surface area contributed by atoms with Gasteiger partial charge in [-0.2, -0.15) is 4.98 Å². The van der Waals surface area contributed by atoms with Crippen LogP contribution < -0.4 is 0 Å². The number of rotatable bonds is 5. The Labute approximate surface area is 181 Å². The molecule has 0 saturated carbocycles. The van der Waals surface area contributed by atoms with E-state index >= 15 is 0 Å². The van der Waals surface area contributed by atoms with Crippen LogP contribution in [0.3, 0.4) is 0 Å². The van der Waals surface area contributed by atoms with Gasteiger partial charge in [-0.3, -0.25) is 9.69 Å². The summed E-state index contributed by atoms with van der Waals surface area (Å²) in [6, 6.07) is 8.42. The van der Waals surface area contributed by atoms with Gasteiger partial charge in [0.05, 0.1) is 5.56 Å². The second kappa shape index (κ2) is 8.63. The van der Waals surface area contributed by atoms with Gasteiger partial charge < -0.3 is 14.0 Å². The number of nitrogens with zero attached hydrogens (tertiary/aromatic N) is 5. The molecule has 0 unspecified atom stereocenters. The summed E-state index contributed by atoms with van der Waals surface area (Å²) in [7, 11) is 0. The average Bonchev–Trinajstić information content (AvgIpc) is 3.35. The predicted molar refractivity (Wildman–Crippen MR) is 116 cm³/mol. The van der Waals surface area contributed by atoms with E-state index in [4.69, 9.17) is 4.52 Å². The van der Waals surface area contributed by atoms with E-state index < -0.39 is 0 Å². The third kappa shape index (κ3) is 4.39. The SMILES string of the molecule is Cc1cc(-c2nc(-c3ccc(F)cc3)no2)c(C)n1CC(=O)N1CCN(C(C)C)CC1. The normalized spacial score (nSPS) is 15.1. The van der Waals surface area contributed by atoms with E-state index in [2.05, 4.69) is 28.9 Å². The molecule has 164 valence electrons. The molecular formula is C23H28FN5O2. The highest BCUT2D eigenvalue weighted by molar-refractivity contribution is 5.77. The van der Waals surface area contributed by atoms with Gasteiger partial charge in [-0.1, -0.05) is 5.16 Å². The lowest BCUT2D eigenvalue weighted by Crippen LogP contribution is -2.51. The minimum Gasteiger partial charge on any atom is -0.339 e. The first-order valence-corrected chi connectivity index (χ1v) is 10.6. The number of aromatic nitrogens is 3. The van der Waals surface area contributed by atoms with Gasteiger partial charge in [-0.25, -0.2) is 4.39 Å². The number of carbonyl (C=O) groups is 1. The molecule has 0 spiro atoms. The quantitative estimate of drug-likeness (QED) is 0.626. The number of halogens is 1. The van der Waals surface area contributed by atoms with Crippen LogP contribution in [0.2, 0.25) is 0 Å². The minimum atomic E-state index is -0.314. The standard InChI is InChI=1S/C23H28FN5O2/c1-15(2)27-9-11-28(12-10-27)21(30)14-29-16(3)13-20(17(29)4)23-25-22(26-31-23)18-5-7-19(24)8-6-18/h5-8,13,15H,9-12,14H2,1-4H3. The molecule has 2 aromatic heterocycles. The van der Waals surface area contributed by atoms with Crippen molar-refractivity contribution in [2.24, 2.45) is 0 Å². The summed E-state index contributed by atoms with van der Waals surface area (Å²) in [6.07, 6.45) is 0. The summed E-state index contributed by atoms with van der Waals surface area (Å²) in [5.41, 5.74) is 3.35. The lowest BCUT2D eigenvalue weighted by atomic mass is 10.2. The van der Waals surface area contributed by atoms with Gasteiger partial charge in [0.15, 0.2) is 0 Å². The Balaban J connectivity index is 1.49. The summed E-state index contributed by atoms with van der Waals surface area (Å²) >= 11 is 0. The zero-order valence-corrected chi connectivity index (χ0v) is 18.4. The van der Waals surface area contributed by atoms with Crippen LogP contribution in [0.5, 0.6) is 0 Å². The molecule has 0 aliphatic carbocycles. The maximum absolute atomic E-state index is 13.2. The number of carbonyl (C=O) groups excluding carboxylic acids is 1. The Bertz CT molecular complexity index is 1060. The van der Waals surface area contributed by atoms with E-state index in [9.17, 15) is 9.18 Å². The Kier molecular flexibility index (Phi) is 5.91. The zero-order chi connectivity index (χ0) is 22.1. The monoisotopic (exact) mass is 425 g/mol. The first-order valence-electron chi connectivity index (χ1n) is 10.6. The molecule has 1 aliphatic heterocycles. The Morgan fingerprint density at radius 3 is 2.45 bits per heavy atom. The molecular weight excluding hydrogens is 397 g/mol. The second-order valence-electron chi connectivity index (χ2n) is 8.31. The van der Waals surface area contributed by atoms with Crippen LogP contribution in [-0.4, -0.2) is 62.6 Å². The van der Waals surface area contributed by atoms with Crippen molar-refractivity contribution in [1.82, 2.24) is 24.5 Å². The van der Waals surface area contributed by atoms with E-state index in [0.29, 0.717) is 23.3 Å². The summed E-state index contributed by atoms with van der Waals surface area (Å²) in [5.74, 6) is 0.594. The summed E-state index contributed by atoms with van der Waals surface area (Å²) < 4.78 is 20.6. The van der Waals surface area contributed by atoms with Crippen molar-refractivity contribution in [3.05, 3.63) is 47.5 Å². The molecule has 31 heavy (non-hydrogen) atoms. The van der Waals surface area contributed by atoms with Crippen molar-refractivity contribution in [2.45, 2.75) is 40.3 Å². The third-order valence-corrected chi connectivity index (χ3v) is 6.02. The number of piperazine rings is 1. The molecule has 4 rings (SSSR count). The molecule has 1 aromatic carbocycles.